The first-order valence-electron chi connectivity index (χ1n) is 10.7. The SMILES string of the molecule is CSCCC(NC(=O)C(CC(=O)O)NC(=O)C(N)CC(N)=O)C(=O)NC(CCCN=C(N)N)C(=O)O. The van der Waals surface area contributed by atoms with E-state index < -0.39 is 72.6 Å². The number of carbonyl (C=O) groups is 6. The van der Waals surface area contributed by atoms with Gasteiger partial charge >= 0.3 is 11.9 Å². The number of carboxylic acid groups (broad SMARTS) is 2. The van der Waals surface area contributed by atoms with E-state index in [1.165, 1.54) is 11.8 Å². The zero-order valence-electron chi connectivity index (χ0n) is 19.8. The highest BCUT2D eigenvalue weighted by Gasteiger charge is 2.31. The zero-order chi connectivity index (χ0) is 27.8. The Morgan fingerprint density at radius 3 is 1.89 bits per heavy atom. The lowest BCUT2D eigenvalue weighted by atomic mass is 10.1. The highest BCUT2D eigenvalue weighted by molar-refractivity contribution is 7.98. The predicted molar refractivity (Wildman–Crippen MR) is 130 cm³/mol. The number of amides is 4. The largest absolute Gasteiger partial charge is 0.481 e. The molecule has 0 aliphatic carbocycles. The van der Waals surface area contributed by atoms with Crippen LogP contribution in [-0.4, -0.2) is 94.5 Å². The lowest BCUT2D eigenvalue weighted by Crippen LogP contribution is -2.57. The van der Waals surface area contributed by atoms with Gasteiger partial charge in [-0.05, 0) is 31.3 Å². The smallest absolute Gasteiger partial charge is 0.326 e. The van der Waals surface area contributed by atoms with Gasteiger partial charge in [-0.25, -0.2) is 4.79 Å². The Morgan fingerprint density at radius 1 is 0.833 bits per heavy atom. The van der Waals surface area contributed by atoms with Gasteiger partial charge in [-0.3, -0.25) is 29.0 Å². The zero-order valence-corrected chi connectivity index (χ0v) is 20.6. The second kappa shape index (κ2) is 16.9. The Balaban J connectivity index is 5.46. The first-order chi connectivity index (χ1) is 16.8. The van der Waals surface area contributed by atoms with Crippen LogP contribution in [0.15, 0.2) is 4.99 Å². The Kier molecular flexibility index (Phi) is 15.2. The number of nitrogens with zero attached hydrogens (tertiary/aromatic N) is 1. The minimum Gasteiger partial charge on any atom is -0.481 e. The summed E-state index contributed by atoms with van der Waals surface area (Å²) in [6, 6.07) is -5.59. The number of hydrogen-bond acceptors (Lipinski definition) is 9. The van der Waals surface area contributed by atoms with Crippen molar-refractivity contribution in [1.29, 1.82) is 0 Å². The summed E-state index contributed by atoms with van der Waals surface area (Å²) in [6.45, 7) is 0.142. The number of primary amides is 1. The average Bonchev–Trinajstić information content (AvgIpc) is 2.76. The molecule has 0 spiro atoms. The third-order valence-electron chi connectivity index (χ3n) is 4.57. The number of hydrogen-bond donors (Lipinski definition) is 9. The van der Waals surface area contributed by atoms with Crippen LogP contribution in [0.3, 0.4) is 0 Å². The molecular weight excluding hydrogens is 500 g/mol. The lowest BCUT2D eigenvalue weighted by molar-refractivity contribution is -0.143. The van der Waals surface area contributed by atoms with E-state index in [2.05, 4.69) is 20.9 Å². The Hall–Kier alpha value is -3.60. The van der Waals surface area contributed by atoms with Crippen molar-refractivity contribution < 1.29 is 39.0 Å². The molecule has 16 nitrogen and oxygen atoms in total. The van der Waals surface area contributed by atoms with Gasteiger partial charge in [0.15, 0.2) is 5.96 Å². The summed E-state index contributed by atoms with van der Waals surface area (Å²) in [7, 11) is 0. The molecule has 0 bridgehead atoms. The molecule has 4 unspecified atom stereocenters. The molecule has 0 saturated heterocycles. The molecule has 0 aromatic rings. The molecule has 4 atom stereocenters. The van der Waals surface area contributed by atoms with Gasteiger partial charge < -0.3 is 49.1 Å². The van der Waals surface area contributed by atoms with Crippen LogP contribution in [0.5, 0.6) is 0 Å². The van der Waals surface area contributed by atoms with Gasteiger partial charge in [0.2, 0.25) is 23.6 Å². The Labute approximate surface area is 211 Å². The number of aliphatic imine (C=N–C) groups is 1. The van der Waals surface area contributed by atoms with Crippen LogP contribution in [0.25, 0.3) is 0 Å². The lowest BCUT2D eigenvalue weighted by Gasteiger charge is -2.24. The van der Waals surface area contributed by atoms with Crippen LogP contribution in [0.4, 0.5) is 0 Å². The fourth-order valence-electron chi connectivity index (χ4n) is 2.78. The number of carbonyl (C=O) groups excluding carboxylic acids is 4. The number of carboxylic acids is 2. The molecule has 0 aliphatic heterocycles. The number of nitrogens with two attached hydrogens (primary N) is 4. The topological polar surface area (TPSA) is 295 Å². The fourth-order valence-corrected chi connectivity index (χ4v) is 3.25. The molecule has 13 N–H and O–H groups in total. The molecular formula is C19H34N8O8S. The minimum absolute atomic E-state index is 0.00348. The van der Waals surface area contributed by atoms with E-state index in [9.17, 15) is 33.9 Å². The number of thioether (sulfide) groups is 1. The maximum atomic E-state index is 12.8. The Bertz CT molecular complexity index is 836. The molecule has 0 aromatic heterocycles. The highest BCUT2D eigenvalue weighted by Crippen LogP contribution is 2.06. The maximum Gasteiger partial charge on any atom is 0.326 e. The van der Waals surface area contributed by atoms with Gasteiger partial charge in [0.25, 0.3) is 0 Å². The van der Waals surface area contributed by atoms with E-state index in [1.807, 2.05) is 0 Å². The van der Waals surface area contributed by atoms with E-state index in [0.29, 0.717) is 5.75 Å². The summed E-state index contributed by atoms with van der Waals surface area (Å²) in [5.74, 6) is -6.23. The van der Waals surface area contributed by atoms with Crippen LogP contribution in [0.2, 0.25) is 0 Å². The third-order valence-corrected chi connectivity index (χ3v) is 5.22. The summed E-state index contributed by atoms with van der Waals surface area (Å²) in [4.78, 5) is 75.2. The molecule has 4 amide bonds. The maximum absolute atomic E-state index is 12.8. The third kappa shape index (κ3) is 14.0. The molecule has 0 saturated carbocycles. The van der Waals surface area contributed by atoms with Gasteiger partial charge in [0.1, 0.15) is 18.1 Å². The number of rotatable bonds is 18. The number of guanidine groups is 1. The standard InChI is InChI=1S/C19H34N8O8S/c1-36-6-4-10(16(32)26-11(18(34)35)3-2-5-24-19(22)23)25-17(33)12(8-14(29)30)27-15(31)9(20)7-13(21)28/h9-12H,2-8,20H2,1H3,(H2,21,28)(H,25,33)(H,26,32)(H,27,31)(H,29,30)(H,34,35)(H4,22,23,24). The van der Waals surface area contributed by atoms with Crippen LogP contribution >= 0.6 is 11.8 Å². The van der Waals surface area contributed by atoms with Gasteiger partial charge in [-0.15, -0.1) is 0 Å². The van der Waals surface area contributed by atoms with Gasteiger partial charge in [-0.1, -0.05) is 0 Å². The predicted octanol–water partition coefficient (Wildman–Crippen LogP) is -3.99. The highest BCUT2D eigenvalue weighted by atomic mass is 32.2. The molecule has 0 heterocycles. The van der Waals surface area contributed by atoms with E-state index in [1.54, 1.807) is 6.26 Å². The van der Waals surface area contributed by atoms with Gasteiger partial charge in [0.05, 0.1) is 18.9 Å². The second-order valence-corrected chi connectivity index (χ2v) is 8.61. The van der Waals surface area contributed by atoms with E-state index >= 15 is 0 Å². The van der Waals surface area contributed by atoms with Crippen molar-refractivity contribution in [3.05, 3.63) is 0 Å². The van der Waals surface area contributed by atoms with Crippen molar-refractivity contribution in [2.24, 2.45) is 27.9 Å². The van der Waals surface area contributed by atoms with Gasteiger partial charge in [0, 0.05) is 6.54 Å². The first kappa shape index (κ1) is 32.4. The average molecular weight is 535 g/mol. The van der Waals surface area contributed by atoms with E-state index in [-0.39, 0.29) is 31.8 Å². The van der Waals surface area contributed by atoms with Crippen molar-refractivity contribution >= 4 is 53.3 Å². The van der Waals surface area contributed by atoms with Crippen molar-refractivity contribution in [1.82, 2.24) is 16.0 Å². The first-order valence-corrected chi connectivity index (χ1v) is 12.1. The van der Waals surface area contributed by atoms with Crippen LogP contribution in [0, 0.1) is 0 Å². The Morgan fingerprint density at radius 2 is 1.39 bits per heavy atom. The molecule has 204 valence electrons. The molecule has 0 rings (SSSR count). The summed E-state index contributed by atoms with van der Waals surface area (Å²) in [5.41, 5.74) is 20.9. The van der Waals surface area contributed by atoms with Crippen LogP contribution < -0.4 is 38.9 Å². The quantitative estimate of drug-likeness (QED) is 0.0462. The summed E-state index contributed by atoms with van der Waals surface area (Å²) >= 11 is 1.35. The summed E-state index contributed by atoms with van der Waals surface area (Å²) in [6.07, 6.45) is 0.680. The number of aliphatic carboxylic acids is 2. The monoisotopic (exact) mass is 534 g/mol. The van der Waals surface area contributed by atoms with Gasteiger partial charge in [-0.2, -0.15) is 11.8 Å². The van der Waals surface area contributed by atoms with E-state index in [0.717, 1.165) is 0 Å². The molecule has 0 fully saturated rings. The van der Waals surface area contributed by atoms with Crippen LogP contribution in [0.1, 0.15) is 32.1 Å². The molecule has 17 heteroatoms. The fraction of sp³-hybridized carbons (Fsp3) is 0.632. The molecule has 0 aromatic carbocycles. The van der Waals surface area contributed by atoms with E-state index in [4.69, 9.17) is 28.0 Å². The molecule has 0 aliphatic rings. The summed E-state index contributed by atoms with van der Waals surface area (Å²) in [5, 5.41) is 25.3. The summed E-state index contributed by atoms with van der Waals surface area (Å²) < 4.78 is 0. The van der Waals surface area contributed by atoms with Crippen molar-refractivity contribution in [3.63, 3.8) is 0 Å². The second-order valence-electron chi connectivity index (χ2n) is 7.63. The minimum atomic E-state index is -1.63. The normalized spacial score (nSPS) is 13.8. The molecule has 0 radical (unpaired) electrons. The van der Waals surface area contributed by atoms with Crippen LogP contribution in [-0.2, 0) is 28.8 Å². The van der Waals surface area contributed by atoms with Crippen molar-refractivity contribution in [2.75, 3.05) is 18.6 Å². The molecule has 36 heavy (non-hydrogen) atoms. The number of nitrogens with one attached hydrogen (secondary N) is 3. The van der Waals surface area contributed by atoms with Crippen molar-refractivity contribution in [2.45, 2.75) is 56.3 Å². The van der Waals surface area contributed by atoms with Crippen molar-refractivity contribution in [3.8, 4) is 0 Å².